The minimum atomic E-state index is -0.485. The Morgan fingerprint density at radius 2 is 1.04 bits per heavy atom. The Morgan fingerprint density at radius 3 is 1.36 bits per heavy atom. The Bertz CT molecular complexity index is 275. The van der Waals surface area contributed by atoms with Gasteiger partial charge >= 0.3 is 0 Å². The monoisotopic (exact) mass is 385 g/mol. The molecule has 0 aliphatic rings. The van der Waals surface area contributed by atoms with Crippen LogP contribution in [-0.4, -0.2) is 33.7 Å². The van der Waals surface area contributed by atoms with Crippen molar-refractivity contribution < 1.29 is 9.90 Å². The van der Waals surface area contributed by atoms with Crippen LogP contribution in [0.3, 0.4) is 0 Å². The third-order valence-corrected chi connectivity index (χ3v) is 4.98. The summed E-state index contributed by atoms with van der Waals surface area (Å²) in [6.07, 6.45) is 22.2. The normalized spacial score (nSPS) is 12.0. The molecule has 2 nitrogen and oxygen atoms in total. The molecule has 0 spiro atoms. The molecule has 0 saturated heterocycles. The number of aliphatic hydroxyl groups is 1. The molecule has 0 aliphatic carbocycles. The van der Waals surface area contributed by atoms with Crippen molar-refractivity contribution in [1.29, 1.82) is 0 Å². The van der Waals surface area contributed by atoms with Gasteiger partial charge < -0.3 is 5.11 Å². The highest BCUT2D eigenvalue weighted by atomic mass is 32.1. The Morgan fingerprint density at radius 1 is 0.720 bits per heavy atom. The van der Waals surface area contributed by atoms with Gasteiger partial charge in [0.05, 0.1) is 6.10 Å². The zero-order chi connectivity index (χ0) is 17.9. The van der Waals surface area contributed by atoms with E-state index in [-0.39, 0.29) is 28.9 Å². The molecule has 3 radical (unpaired) electrons. The average Bonchev–Trinajstić information content (AvgIpc) is 2.53. The second-order valence-corrected chi connectivity index (χ2v) is 7.84. The first kappa shape index (κ1) is 27.7. The highest BCUT2D eigenvalue weighted by molar-refractivity contribution is 7.96. The lowest BCUT2D eigenvalue weighted by Crippen LogP contribution is -2.09. The zero-order valence-electron chi connectivity index (χ0n) is 16.7. The molecule has 147 valence electrons. The van der Waals surface area contributed by atoms with Crippen LogP contribution in [0.4, 0.5) is 0 Å². The van der Waals surface area contributed by atoms with Crippen molar-refractivity contribution in [1.82, 2.24) is 0 Å². The summed E-state index contributed by atoms with van der Waals surface area (Å²) in [6.45, 7) is 2.28. The predicted molar refractivity (Wildman–Crippen MR) is 115 cm³/mol. The van der Waals surface area contributed by atoms with Crippen molar-refractivity contribution in [2.24, 2.45) is 0 Å². The minimum absolute atomic E-state index is 0. The van der Waals surface area contributed by atoms with E-state index in [1.54, 1.807) is 0 Å². The van der Waals surface area contributed by atoms with E-state index in [0.717, 1.165) is 12.8 Å². The number of unbranched alkanes of at least 4 members (excludes halogenated alkanes) is 15. The molecular weight excluding hydrogens is 343 g/mol. The van der Waals surface area contributed by atoms with Crippen molar-refractivity contribution in [2.45, 2.75) is 129 Å². The molecule has 1 atom stereocenters. The minimum Gasteiger partial charge on any atom is -0.393 e. The number of hydrogen-bond acceptors (Lipinski definition) is 2. The summed E-state index contributed by atoms with van der Waals surface area (Å²) in [5.74, 6) is 0. The van der Waals surface area contributed by atoms with Crippen LogP contribution in [-0.2, 0) is 4.79 Å². The molecule has 0 aromatic rings. The summed E-state index contributed by atoms with van der Waals surface area (Å²) < 4.78 is 0. The van der Waals surface area contributed by atoms with Crippen molar-refractivity contribution in [3.8, 4) is 0 Å². The van der Waals surface area contributed by atoms with Crippen LogP contribution >= 0.6 is 12.6 Å². The lowest BCUT2D eigenvalue weighted by atomic mass is 10.0. The van der Waals surface area contributed by atoms with Crippen molar-refractivity contribution in [2.75, 3.05) is 0 Å². The van der Waals surface area contributed by atoms with E-state index < -0.39 is 6.10 Å². The van der Waals surface area contributed by atoms with Gasteiger partial charge in [0, 0.05) is 23.8 Å². The smallest absolute Gasteiger partial charge is 0.188 e. The Balaban J connectivity index is 0. The third kappa shape index (κ3) is 24.5. The van der Waals surface area contributed by atoms with Gasteiger partial charge in [-0.25, -0.2) is 0 Å². The highest BCUT2D eigenvalue weighted by Crippen LogP contribution is 2.14. The predicted octanol–water partition coefficient (Wildman–Crippen LogP) is 6.46. The van der Waals surface area contributed by atoms with Crippen LogP contribution in [0, 0.1) is 0 Å². The molecule has 0 saturated carbocycles. The summed E-state index contributed by atoms with van der Waals surface area (Å²) in [5, 5.41) is 9.36. The van der Waals surface area contributed by atoms with E-state index in [4.69, 9.17) is 0 Å². The molecule has 1 unspecified atom stereocenters. The fourth-order valence-electron chi connectivity index (χ4n) is 3.23. The molecule has 1 N–H and O–H groups in total. The maximum atomic E-state index is 10.7. The molecule has 0 bridgehead atoms. The molecule has 0 rings (SSSR count). The van der Waals surface area contributed by atoms with Gasteiger partial charge in [-0.3, -0.25) is 4.79 Å². The molecule has 0 heterocycles. The molecular formula is C21H42AlO2S. The molecule has 0 aliphatic heterocycles. The van der Waals surface area contributed by atoms with Gasteiger partial charge in [0.25, 0.3) is 0 Å². The van der Waals surface area contributed by atoms with Crippen LogP contribution in [0.1, 0.15) is 122 Å². The number of thiol groups is 1. The summed E-state index contributed by atoms with van der Waals surface area (Å²) in [4.78, 5) is 10.7. The first-order valence-corrected chi connectivity index (χ1v) is 11.0. The second-order valence-electron chi connectivity index (χ2n) is 7.34. The summed E-state index contributed by atoms with van der Waals surface area (Å²) >= 11 is 3.69. The standard InChI is InChI=1S/C21H42O2S.Al/c1-2-3-4-5-6-7-8-9-10-11-12-13-14-15-16-17-18-20(22)19-21(23)24;/h20,22H,2-19H2,1H3,(H,23,24);. The van der Waals surface area contributed by atoms with E-state index in [9.17, 15) is 9.90 Å². The van der Waals surface area contributed by atoms with Gasteiger partial charge in [0.1, 0.15) is 0 Å². The molecule has 0 aromatic heterocycles. The van der Waals surface area contributed by atoms with Crippen LogP contribution in [0.15, 0.2) is 0 Å². The fraction of sp³-hybridized carbons (Fsp3) is 0.952. The second kappa shape index (κ2) is 22.6. The van der Waals surface area contributed by atoms with Gasteiger partial charge in [0.2, 0.25) is 0 Å². The average molecular weight is 386 g/mol. The summed E-state index contributed by atoms with van der Waals surface area (Å²) in [6, 6.07) is 0. The van der Waals surface area contributed by atoms with Crippen LogP contribution < -0.4 is 0 Å². The van der Waals surface area contributed by atoms with E-state index in [0.29, 0.717) is 0 Å². The number of rotatable bonds is 19. The lowest BCUT2D eigenvalue weighted by Gasteiger charge is -2.07. The lowest BCUT2D eigenvalue weighted by molar-refractivity contribution is -0.112. The zero-order valence-corrected chi connectivity index (χ0v) is 18.7. The fourth-order valence-corrected chi connectivity index (χ4v) is 3.44. The molecule has 0 fully saturated rings. The van der Waals surface area contributed by atoms with Crippen LogP contribution in [0.25, 0.3) is 0 Å². The molecule has 0 amide bonds. The Labute approximate surface area is 173 Å². The topological polar surface area (TPSA) is 37.3 Å². The van der Waals surface area contributed by atoms with Crippen LogP contribution in [0.5, 0.6) is 0 Å². The Hall–Kier alpha value is 0.512. The van der Waals surface area contributed by atoms with E-state index >= 15 is 0 Å². The number of hydrogen-bond donors (Lipinski definition) is 2. The SMILES string of the molecule is CCCCCCCCCCCCCCCCCCC(O)CC(=O)S.[Al]. The first-order chi connectivity index (χ1) is 11.7. The Kier molecular flexibility index (Phi) is 25.0. The molecule has 25 heavy (non-hydrogen) atoms. The van der Waals surface area contributed by atoms with Crippen molar-refractivity contribution in [3.63, 3.8) is 0 Å². The van der Waals surface area contributed by atoms with Gasteiger partial charge in [-0.15, -0.1) is 12.6 Å². The van der Waals surface area contributed by atoms with E-state index in [1.165, 1.54) is 96.3 Å². The van der Waals surface area contributed by atoms with Crippen LogP contribution in [0.2, 0.25) is 0 Å². The number of aliphatic hydroxyl groups excluding tert-OH is 1. The van der Waals surface area contributed by atoms with E-state index in [2.05, 4.69) is 19.6 Å². The highest BCUT2D eigenvalue weighted by Gasteiger charge is 2.06. The van der Waals surface area contributed by atoms with Gasteiger partial charge in [-0.1, -0.05) is 110 Å². The number of carbonyl (C=O) groups excluding carboxylic acids is 1. The summed E-state index contributed by atoms with van der Waals surface area (Å²) in [7, 11) is 0. The van der Waals surface area contributed by atoms with Crippen molar-refractivity contribution in [3.05, 3.63) is 0 Å². The maximum absolute atomic E-state index is 10.7. The van der Waals surface area contributed by atoms with Gasteiger partial charge in [-0.2, -0.15) is 0 Å². The van der Waals surface area contributed by atoms with E-state index in [1.807, 2.05) is 0 Å². The van der Waals surface area contributed by atoms with Crippen molar-refractivity contribution >= 4 is 35.1 Å². The summed E-state index contributed by atoms with van der Waals surface area (Å²) in [5.41, 5.74) is 0. The first-order valence-electron chi connectivity index (χ1n) is 10.6. The molecule has 0 aromatic carbocycles. The molecule has 4 heteroatoms. The number of carbonyl (C=O) groups is 1. The van der Waals surface area contributed by atoms with Gasteiger partial charge in [0.15, 0.2) is 5.12 Å². The largest absolute Gasteiger partial charge is 0.393 e. The van der Waals surface area contributed by atoms with Gasteiger partial charge in [-0.05, 0) is 6.42 Å². The third-order valence-electron chi connectivity index (χ3n) is 4.80. The quantitative estimate of drug-likeness (QED) is 0.152. The maximum Gasteiger partial charge on any atom is 0.188 e.